The second kappa shape index (κ2) is 3.27. The van der Waals surface area contributed by atoms with E-state index in [1.807, 2.05) is 0 Å². The molecule has 1 rings (SSSR count). The lowest BCUT2D eigenvalue weighted by Gasteiger charge is -2.26. The van der Waals surface area contributed by atoms with E-state index in [1.54, 1.807) is 0 Å². The number of hydrogen-bond donors (Lipinski definition) is 1. The molecule has 0 radical (unpaired) electrons. The lowest BCUT2D eigenvalue weighted by Crippen LogP contribution is -2.41. The molecule has 1 atom stereocenters. The van der Waals surface area contributed by atoms with E-state index < -0.39 is 18.6 Å². The van der Waals surface area contributed by atoms with Gasteiger partial charge < -0.3 is 5.73 Å². The number of hydrogen-bond acceptors (Lipinski definition) is 2. The fourth-order valence-electron chi connectivity index (χ4n) is 0.948. The van der Waals surface area contributed by atoms with Crippen molar-refractivity contribution in [3.63, 3.8) is 0 Å². The fraction of sp³-hybridized carbons (Fsp3) is 0.571. The Kier molecular flexibility index (Phi) is 2.49. The third-order valence-electron chi connectivity index (χ3n) is 1.90. The molecular formula is C7H10F3N3. The minimum absolute atomic E-state index is 0.0282. The molecule has 0 amide bonds. The van der Waals surface area contributed by atoms with Gasteiger partial charge in [0.05, 0.1) is 6.20 Å². The molecule has 3 nitrogen and oxygen atoms in total. The van der Waals surface area contributed by atoms with Crippen molar-refractivity contribution >= 4 is 5.82 Å². The Morgan fingerprint density at radius 2 is 2.31 bits per heavy atom. The van der Waals surface area contributed by atoms with Crippen LogP contribution in [0.3, 0.4) is 0 Å². The second-order valence-corrected chi connectivity index (χ2v) is 2.96. The molecule has 0 saturated heterocycles. The van der Waals surface area contributed by atoms with Gasteiger partial charge in [0.1, 0.15) is 12.5 Å². The molecule has 1 aromatic heterocycles. The van der Waals surface area contributed by atoms with E-state index >= 15 is 0 Å². The van der Waals surface area contributed by atoms with E-state index in [2.05, 4.69) is 5.10 Å². The molecule has 13 heavy (non-hydrogen) atoms. The fourth-order valence-corrected chi connectivity index (χ4v) is 0.948. The summed E-state index contributed by atoms with van der Waals surface area (Å²) in [6.07, 6.45) is -1.59. The quantitative estimate of drug-likeness (QED) is 0.788. The Balaban J connectivity index is 3.10. The highest BCUT2D eigenvalue weighted by Crippen LogP contribution is 2.26. The molecule has 1 aromatic rings. The van der Waals surface area contributed by atoms with Gasteiger partial charge in [-0.05, 0) is 13.0 Å². The molecule has 74 valence electrons. The molecule has 1 heterocycles. The minimum Gasteiger partial charge on any atom is -0.384 e. The molecule has 2 N–H and O–H groups in total. The van der Waals surface area contributed by atoms with Crippen molar-refractivity contribution in [1.82, 2.24) is 9.78 Å². The van der Waals surface area contributed by atoms with Crippen LogP contribution in [0.1, 0.15) is 6.92 Å². The van der Waals surface area contributed by atoms with Crippen molar-refractivity contribution in [3.05, 3.63) is 12.3 Å². The summed E-state index contributed by atoms with van der Waals surface area (Å²) in [7, 11) is 0. The van der Waals surface area contributed by atoms with E-state index in [4.69, 9.17) is 5.73 Å². The monoisotopic (exact) mass is 193 g/mol. The maximum atomic E-state index is 12.5. The normalized spacial score (nSPS) is 16.1. The summed E-state index contributed by atoms with van der Waals surface area (Å²) >= 11 is 0. The Hall–Kier alpha value is -1.20. The van der Waals surface area contributed by atoms with Crippen molar-refractivity contribution in [2.75, 3.05) is 12.4 Å². The summed E-state index contributed by atoms with van der Waals surface area (Å²) in [6, 6.07) is 1.34. The number of nitrogen functional groups attached to an aromatic ring is 1. The first-order valence-corrected chi connectivity index (χ1v) is 3.66. The van der Waals surface area contributed by atoms with Crippen LogP contribution in [0.2, 0.25) is 0 Å². The Morgan fingerprint density at radius 3 is 2.62 bits per heavy atom. The van der Waals surface area contributed by atoms with Gasteiger partial charge >= 0.3 is 0 Å². The maximum Gasteiger partial charge on any atom is 0.265 e. The first-order valence-electron chi connectivity index (χ1n) is 3.66. The number of rotatable bonds is 3. The first kappa shape index (κ1) is 9.88. The van der Waals surface area contributed by atoms with Gasteiger partial charge in [-0.15, -0.1) is 0 Å². The first-order chi connectivity index (χ1) is 6.02. The van der Waals surface area contributed by atoms with Gasteiger partial charge in [-0.1, -0.05) is 0 Å². The number of alkyl halides is 3. The zero-order valence-electron chi connectivity index (χ0n) is 7.04. The average Bonchev–Trinajstić information content (AvgIpc) is 2.50. The lowest BCUT2D eigenvalue weighted by atomic mass is 10.1. The van der Waals surface area contributed by atoms with Gasteiger partial charge in [0.25, 0.3) is 6.43 Å². The van der Waals surface area contributed by atoms with Crippen molar-refractivity contribution in [2.45, 2.75) is 18.9 Å². The van der Waals surface area contributed by atoms with E-state index in [0.717, 1.165) is 11.6 Å². The van der Waals surface area contributed by atoms with E-state index in [9.17, 15) is 13.2 Å². The molecular weight excluding hydrogens is 183 g/mol. The zero-order chi connectivity index (χ0) is 10.1. The van der Waals surface area contributed by atoms with Gasteiger partial charge in [-0.2, -0.15) is 5.10 Å². The smallest absolute Gasteiger partial charge is 0.265 e. The number of nitrogens with two attached hydrogens (primary N) is 1. The molecule has 0 spiro atoms. The van der Waals surface area contributed by atoms with Crippen LogP contribution in [0.15, 0.2) is 12.3 Å². The summed E-state index contributed by atoms with van der Waals surface area (Å²) in [4.78, 5) is 0. The Bertz CT molecular complexity index is 286. The van der Waals surface area contributed by atoms with E-state index in [1.165, 1.54) is 12.3 Å². The van der Waals surface area contributed by atoms with Crippen LogP contribution in [-0.4, -0.2) is 22.9 Å². The molecule has 0 bridgehead atoms. The molecule has 0 aliphatic heterocycles. The van der Waals surface area contributed by atoms with E-state index in [-0.39, 0.29) is 5.82 Å². The minimum atomic E-state index is -2.85. The lowest BCUT2D eigenvalue weighted by molar-refractivity contribution is -0.00598. The summed E-state index contributed by atoms with van der Waals surface area (Å²) in [5.74, 6) is 0.0282. The number of anilines is 1. The standard InChI is InChI=1S/C7H10F3N3/c1-7(4-8,6(9)10)13-5(11)2-3-12-13/h2-3,6H,4,11H2,1H3. The Labute approximate surface area is 73.3 Å². The van der Waals surface area contributed by atoms with E-state index in [0.29, 0.717) is 0 Å². The van der Waals surface area contributed by atoms with Crippen LogP contribution in [0.5, 0.6) is 0 Å². The third-order valence-corrected chi connectivity index (χ3v) is 1.90. The summed E-state index contributed by atoms with van der Waals surface area (Å²) in [5.41, 5.74) is 3.38. The van der Waals surface area contributed by atoms with Gasteiger partial charge in [0.15, 0.2) is 5.54 Å². The molecule has 0 saturated carbocycles. The van der Waals surface area contributed by atoms with Crippen LogP contribution in [0.4, 0.5) is 19.0 Å². The predicted molar refractivity (Wildman–Crippen MR) is 42.3 cm³/mol. The highest BCUT2D eigenvalue weighted by molar-refractivity contribution is 5.28. The highest BCUT2D eigenvalue weighted by Gasteiger charge is 2.39. The van der Waals surface area contributed by atoms with Gasteiger partial charge in [0, 0.05) is 0 Å². The van der Waals surface area contributed by atoms with Crippen molar-refractivity contribution < 1.29 is 13.2 Å². The molecule has 6 heteroatoms. The highest BCUT2D eigenvalue weighted by atomic mass is 19.3. The summed E-state index contributed by atoms with van der Waals surface area (Å²) in [5, 5.41) is 3.55. The van der Waals surface area contributed by atoms with Crippen molar-refractivity contribution in [3.8, 4) is 0 Å². The topological polar surface area (TPSA) is 43.8 Å². The second-order valence-electron chi connectivity index (χ2n) is 2.96. The van der Waals surface area contributed by atoms with Gasteiger partial charge in [-0.3, -0.25) is 0 Å². The van der Waals surface area contributed by atoms with Crippen LogP contribution in [0, 0.1) is 0 Å². The average molecular weight is 193 g/mol. The molecule has 1 unspecified atom stereocenters. The largest absolute Gasteiger partial charge is 0.384 e. The summed E-state index contributed by atoms with van der Waals surface area (Å²) in [6.45, 7) is -0.141. The van der Waals surface area contributed by atoms with Crippen LogP contribution < -0.4 is 5.73 Å². The molecule has 0 aliphatic carbocycles. The van der Waals surface area contributed by atoms with Crippen molar-refractivity contribution in [1.29, 1.82) is 0 Å². The zero-order valence-corrected chi connectivity index (χ0v) is 7.04. The SMILES string of the molecule is CC(CF)(C(F)F)n1nccc1N. The number of halogens is 3. The number of aromatic nitrogens is 2. The molecule has 0 aliphatic rings. The van der Waals surface area contributed by atoms with Crippen molar-refractivity contribution in [2.24, 2.45) is 0 Å². The third kappa shape index (κ3) is 1.48. The predicted octanol–water partition coefficient (Wildman–Crippen LogP) is 1.42. The molecule has 0 aromatic carbocycles. The summed E-state index contributed by atoms with van der Waals surface area (Å²) < 4.78 is 38.2. The molecule has 0 fully saturated rings. The van der Waals surface area contributed by atoms with Crippen LogP contribution >= 0.6 is 0 Å². The van der Waals surface area contributed by atoms with Gasteiger partial charge in [-0.25, -0.2) is 17.9 Å². The Morgan fingerprint density at radius 1 is 1.69 bits per heavy atom. The van der Waals surface area contributed by atoms with Crippen LogP contribution in [0.25, 0.3) is 0 Å². The maximum absolute atomic E-state index is 12.5. The van der Waals surface area contributed by atoms with Crippen LogP contribution in [-0.2, 0) is 5.54 Å². The number of nitrogens with zero attached hydrogens (tertiary/aromatic N) is 2. The van der Waals surface area contributed by atoms with Gasteiger partial charge in [0.2, 0.25) is 0 Å².